The molecule has 0 bridgehead atoms. The van der Waals surface area contributed by atoms with Crippen molar-refractivity contribution in [1.29, 1.82) is 0 Å². The van der Waals surface area contributed by atoms with Crippen LogP contribution in [0.25, 0.3) is 0 Å². The molecule has 0 spiro atoms. The Hall–Kier alpha value is -3.72. The number of nitrogens with zero attached hydrogens (tertiary/aromatic N) is 12. The van der Waals surface area contributed by atoms with E-state index in [4.69, 9.17) is 10.2 Å². The minimum atomic E-state index is -0.194. The topological polar surface area (TPSA) is 147 Å². The number of aliphatic hydroxyl groups is 2. The summed E-state index contributed by atoms with van der Waals surface area (Å²) in [7, 11) is 2.00. The maximum absolute atomic E-state index is 7.00. The first-order valence-electron chi connectivity index (χ1n) is 10.7. The van der Waals surface area contributed by atoms with E-state index >= 15 is 0 Å². The van der Waals surface area contributed by atoms with Crippen molar-refractivity contribution in [3.05, 3.63) is 111 Å². The molecule has 2 N–H and O–H groups in total. The third-order valence-electron chi connectivity index (χ3n) is 4.57. The maximum Gasteiger partial charge on any atom is 2.00 e. The molecule has 0 atom stereocenters. The molecule has 0 saturated carbocycles. The van der Waals surface area contributed by atoms with E-state index in [1.807, 2.05) is 73.6 Å². The fraction of sp³-hybridized carbons (Fsp3) is 0.182. The van der Waals surface area contributed by atoms with Crippen LogP contribution in [0, 0.1) is 0 Å². The van der Waals surface area contributed by atoms with Crippen molar-refractivity contribution < 1.29 is 52.1 Å². The van der Waals surface area contributed by atoms with E-state index in [1.165, 1.54) is 0 Å². The van der Waals surface area contributed by atoms with Gasteiger partial charge in [0.1, 0.15) is 0 Å². The largest absolute Gasteiger partial charge is 2.00 e. The Bertz CT molecular complexity index is 1010. The van der Waals surface area contributed by atoms with Crippen molar-refractivity contribution in [1.82, 2.24) is 58.7 Å². The Kier molecular flexibility index (Phi) is 17.5. The van der Waals surface area contributed by atoms with E-state index in [9.17, 15) is 0 Å². The number of aliphatic hydroxyl groups excluding tert-OH is 2. The second kappa shape index (κ2) is 19.4. The molecule has 0 saturated heterocycles. The molecular weight excluding hydrogens is 599 g/mol. The minimum absolute atomic E-state index is 0. The number of hydrogen-bond donors (Lipinski definition) is 2. The average molecular weight is 627 g/mol. The Balaban J connectivity index is 0.000000615. The van der Waals surface area contributed by atoms with E-state index in [1.54, 1.807) is 65.3 Å². The summed E-state index contributed by atoms with van der Waals surface area (Å²) < 4.78 is 10.8. The predicted molar refractivity (Wildman–Crippen MR) is 129 cm³/mol. The second-order valence-electron chi connectivity index (χ2n) is 6.61. The van der Waals surface area contributed by atoms with E-state index < -0.39 is 0 Å². The third-order valence-corrected chi connectivity index (χ3v) is 4.57. The van der Waals surface area contributed by atoms with Gasteiger partial charge < -0.3 is 35.0 Å². The first kappa shape index (κ1) is 35.3. The molecule has 17 heteroatoms. The number of rotatable bonds is 6. The van der Waals surface area contributed by atoms with E-state index in [0.717, 1.165) is 14.2 Å². The summed E-state index contributed by atoms with van der Waals surface area (Å²) in [6.45, 7) is 0. The predicted octanol–water partition coefficient (Wildman–Crippen LogP) is -5.12. The van der Waals surface area contributed by atoms with Crippen molar-refractivity contribution in [2.45, 2.75) is 12.6 Å². The van der Waals surface area contributed by atoms with Crippen molar-refractivity contribution in [3.8, 4) is 0 Å². The van der Waals surface area contributed by atoms with E-state index in [-0.39, 0.29) is 54.5 Å². The fourth-order valence-electron chi connectivity index (χ4n) is 3.23. The van der Waals surface area contributed by atoms with Gasteiger partial charge in [-0.1, -0.05) is 0 Å². The molecule has 6 rings (SSSR count). The van der Waals surface area contributed by atoms with Crippen molar-refractivity contribution >= 4 is 0 Å². The number of hydrogen-bond acceptors (Lipinski definition) is 8. The smallest absolute Gasteiger partial charge is 1.00 e. The van der Waals surface area contributed by atoms with Gasteiger partial charge in [-0.25, -0.2) is 28.1 Å². The molecule has 0 fully saturated rings. The summed E-state index contributed by atoms with van der Waals surface area (Å²) in [5, 5.41) is 39.3. The Morgan fingerprint density at radius 3 is 0.641 bits per heavy atom. The summed E-state index contributed by atoms with van der Waals surface area (Å²) in [5.74, 6) is 0. The minimum Gasteiger partial charge on any atom is -1.00 e. The summed E-state index contributed by atoms with van der Waals surface area (Å²) in [4.78, 5) is 0. The van der Waals surface area contributed by atoms with Crippen LogP contribution >= 0.6 is 0 Å². The first-order valence-corrected chi connectivity index (χ1v) is 10.7. The molecule has 1 radical (unpaired) electrons. The average Bonchev–Trinajstić information content (AvgIpc) is 3.79. The van der Waals surface area contributed by atoms with E-state index in [0.29, 0.717) is 0 Å². The SMILES string of the molecule is CO.CO.[Cl-].[Cl-].[Cu+2].c1cnn(C(n2cccn2)n2cccn2)c1.c1cnn(C(n2cccn2)n2cccn2)c1. The van der Waals surface area contributed by atoms with Crippen LogP contribution < -0.4 is 24.8 Å². The molecule has 6 aromatic heterocycles. The van der Waals surface area contributed by atoms with Crippen LogP contribution in [0.3, 0.4) is 0 Å². The Morgan fingerprint density at radius 2 is 0.538 bits per heavy atom. The van der Waals surface area contributed by atoms with Crippen molar-refractivity contribution in [2.75, 3.05) is 14.2 Å². The quantitative estimate of drug-likeness (QED) is 0.175. The zero-order valence-electron chi connectivity index (χ0n) is 20.9. The molecular formula is C22H28Cl2CuN12O2. The summed E-state index contributed by atoms with van der Waals surface area (Å²) >= 11 is 0. The van der Waals surface area contributed by atoms with Gasteiger partial charge in [-0.3, -0.25) is 0 Å². The van der Waals surface area contributed by atoms with Gasteiger partial charge in [-0.15, -0.1) is 0 Å². The van der Waals surface area contributed by atoms with Crippen LogP contribution in [-0.4, -0.2) is 83.1 Å². The van der Waals surface area contributed by atoms with Gasteiger partial charge in [0.15, 0.2) is 0 Å². The van der Waals surface area contributed by atoms with Gasteiger partial charge in [-0.2, -0.15) is 30.6 Å². The fourth-order valence-corrected chi connectivity index (χ4v) is 3.23. The standard InChI is InChI=1S/2C10H10N6.2CH4O.2ClH.Cu/c2*1-4-11-14(7-1)10(15-8-2-5-12-15)16-9-3-6-13-16;2*1-2;;;/h2*1-10H;2*2H,1H3;2*1H;/q;;;;;;+2/p-2. The normalized spacial score (nSPS) is 9.38. The van der Waals surface area contributed by atoms with Gasteiger partial charge in [-0.05, 0) is 36.4 Å². The van der Waals surface area contributed by atoms with Gasteiger partial charge in [0.2, 0.25) is 12.6 Å². The van der Waals surface area contributed by atoms with Crippen LogP contribution in [0.5, 0.6) is 0 Å². The molecule has 0 unspecified atom stereocenters. The van der Waals surface area contributed by atoms with Crippen molar-refractivity contribution in [2.24, 2.45) is 0 Å². The van der Waals surface area contributed by atoms with Gasteiger partial charge in [0, 0.05) is 88.6 Å². The van der Waals surface area contributed by atoms with Crippen LogP contribution in [0.2, 0.25) is 0 Å². The summed E-state index contributed by atoms with van der Waals surface area (Å²) in [6, 6.07) is 11.2. The molecule has 14 nitrogen and oxygen atoms in total. The van der Waals surface area contributed by atoms with Gasteiger partial charge in [0.05, 0.1) is 0 Å². The van der Waals surface area contributed by atoms with Gasteiger partial charge in [0.25, 0.3) is 0 Å². The van der Waals surface area contributed by atoms with Gasteiger partial charge >= 0.3 is 17.1 Å². The molecule has 0 aliphatic rings. The molecule has 39 heavy (non-hydrogen) atoms. The molecule has 6 heterocycles. The third kappa shape index (κ3) is 9.21. The maximum atomic E-state index is 7.00. The van der Waals surface area contributed by atoms with Crippen LogP contribution in [0.1, 0.15) is 12.6 Å². The monoisotopic (exact) mass is 625 g/mol. The summed E-state index contributed by atoms with van der Waals surface area (Å²) in [6.07, 6.45) is 21.3. The van der Waals surface area contributed by atoms with Crippen LogP contribution in [0.4, 0.5) is 0 Å². The zero-order chi connectivity index (χ0) is 25.6. The molecule has 6 aromatic rings. The molecule has 0 aliphatic carbocycles. The molecule has 0 aromatic carbocycles. The zero-order valence-corrected chi connectivity index (χ0v) is 23.3. The molecule has 0 amide bonds. The summed E-state index contributed by atoms with van der Waals surface area (Å²) in [5.41, 5.74) is 0. The molecule has 0 aliphatic heterocycles. The Labute approximate surface area is 247 Å². The van der Waals surface area contributed by atoms with Crippen molar-refractivity contribution in [3.63, 3.8) is 0 Å². The van der Waals surface area contributed by atoms with Crippen LogP contribution in [-0.2, 0) is 17.1 Å². The van der Waals surface area contributed by atoms with E-state index in [2.05, 4.69) is 30.6 Å². The second-order valence-corrected chi connectivity index (χ2v) is 6.61. The number of halogens is 2. The molecule has 213 valence electrons. The number of aromatic nitrogens is 12. The Morgan fingerprint density at radius 1 is 0.385 bits per heavy atom. The van der Waals surface area contributed by atoms with Crippen LogP contribution in [0.15, 0.2) is 111 Å². The first-order chi connectivity index (χ1) is 17.9.